The van der Waals surface area contributed by atoms with Gasteiger partial charge in [-0.25, -0.2) is 0 Å². The molecule has 2 atom stereocenters. The van der Waals surface area contributed by atoms with Gasteiger partial charge in [0.1, 0.15) is 0 Å². The van der Waals surface area contributed by atoms with Gasteiger partial charge >= 0.3 is 0 Å². The molecule has 0 spiro atoms. The van der Waals surface area contributed by atoms with Crippen molar-refractivity contribution in [3.63, 3.8) is 0 Å². The van der Waals surface area contributed by atoms with Gasteiger partial charge < -0.3 is 15.8 Å². The lowest BCUT2D eigenvalue weighted by Crippen LogP contribution is -2.57. The second-order valence-electron chi connectivity index (χ2n) is 5.99. The molecule has 2 unspecified atom stereocenters. The van der Waals surface area contributed by atoms with E-state index < -0.39 is 5.54 Å². The third-order valence-electron chi connectivity index (χ3n) is 4.10. The lowest BCUT2D eigenvalue weighted by Gasteiger charge is -2.35. The highest BCUT2D eigenvalue weighted by molar-refractivity contribution is 5.84. The summed E-state index contributed by atoms with van der Waals surface area (Å²) in [6, 6.07) is 0.766. The first-order valence-electron chi connectivity index (χ1n) is 7.82. The number of nitrogens with zero attached hydrogens (tertiary/aromatic N) is 1. The predicted molar refractivity (Wildman–Crippen MR) is 81.6 cm³/mol. The Kier molecular flexibility index (Phi) is 6.92. The maximum atomic E-state index is 11.8. The molecule has 0 heterocycles. The Balaban J connectivity index is 2.53. The molecule has 0 aromatic rings. The van der Waals surface area contributed by atoms with Crippen molar-refractivity contribution in [1.29, 1.82) is 0 Å². The minimum Gasteiger partial charge on any atom is -0.380 e. The van der Waals surface area contributed by atoms with Gasteiger partial charge in [0.15, 0.2) is 0 Å². The van der Waals surface area contributed by atoms with Crippen LogP contribution >= 0.6 is 0 Å². The van der Waals surface area contributed by atoms with Gasteiger partial charge in [0.2, 0.25) is 5.91 Å². The molecule has 5 heteroatoms. The quantitative estimate of drug-likeness (QED) is 0.558. The van der Waals surface area contributed by atoms with Gasteiger partial charge in [0, 0.05) is 25.2 Å². The summed E-state index contributed by atoms with van der Waals surface area (Å²) < 4.78 is 5.42. The largest absolute Gasteiger partial charge is 0.380 e. The number of rotatable bonds is 11. The summed E-state index contributed by atoms with van der Waals surface area (Å²) in [6.07, 6.45) is 3.04. The Bertz CT molecular complexity index is 307. The molecule has 1 aliphatic rings. The van der Waals surface area contributed by atoms with Crippen LogP contribution in [-0.2, 0) is 9.53 Å². The number of nitrogens with one attached hydrogen (secondary N) is 1. The van der Waals surface area contributed by atoms with E-state index in [0.29, 0.717) is 12.1 Å². The van der Waals surface area contributed by atoms with Crippen molar-refractivity contribution < 1.29 is 9.53 Å². The highest BCUT2D eigenvalue weighted by atomic mass is 16.5. The van der Waals surface area contributed by atoms with E-state index >= 15 is 0 Å². The van der Waals surface area contributed by atoms with Crippen LogP contribution in [0.3, 0.4) is 0 Å². The van der Waals surface area contributed by atoms with Gasteiger partial charge in [0.25, 0.3) is 0 Å². The summed E-state index contributed by atoms with van der Waals surface area (Å²) in [5.74, 6) is -0.253. The third-order valence-corrected chi connectivity index (χ3v) is 4.10. The molecule has 118 valence electrons. The molecule has 1 rings (SSSR count). The fourth-order valence-corrected chi connectivity index (χ4v) is 2.65. The molecule has 5 nitrogen and oxygen atoms in total. The molecular formula is C15H31N3O2. The monoisotopic (exact) mass is 285 g/mol. The van der Waals surface area contributed by atoms with Gasteiger partial charge in [-0.3, -0.25) is 9.69 Å². The number of hydrogen-bond donors (Lipinski definition) is 2. The van der Waals surface area contributed by atoms with Crippen molar-refractivity contribution in [3.05, 3.63) is 0 Å². The van der Waals surface area contributed by atoms with E-state index in [9.17, 15) is 4.79 Å². The fourth-order valence-electron chi connectivity index (χ4n) is 2.65. The van der Waals surface area contributed by atoms with E-state index in [1.807, 2.05) is 13.8 Å². The number of carbonyl (C=O) groups excluding carboxylic acids is 1. The lowest BCUT2D eigenvalue weighted by atomic mass is 9.91. The Labute approximate surface area is 123 Å². The number of amides is 1. The minimum absolute atomic E-state index is 0.253. The summed E-state index contributed by atoms with van der Waals surface area (Å²) >= 11 is 0. The predicted octanol–water partition coefficient (Wildman–Crippen LogP) is 1.12. The van der Waals surface area contributed by atoms with Crippen molar-refractivity contribution in [3.8, 4) is 0 Å². The number of likely N-dealkylation sites (N-methyl/N-ethyl adjacent to an activating group) is 1. The molecule has 1 fully saturated rings. The van der Waals surface area contributed by atoms with Crippen LogP contribution in [0.4, 0.5) is 0 Å². The van der Waals surface area contributed by atoms with Crippen LogP contribution in [0.5, 0.6) is 0 Å². The average molecular weight is 285 g/mol. The van der Waals surface area contributed by atoms with Crippen LogP contribution in [0.25, 0.3) is 0 Å². The maximum absolute atomic E-state index is 11.8. The van der Waals surface area contributed by atoms with E-state index in [1.54, 1.807) is 0 Å². The summed E-state index contributed by atoms with van der Waals surface area (Å²) in [7, 11) is 0. The summed E-state index contributed by atoms with van der Waals surface area (Å²) in [5, 5.41) is 3.41. The van der Waals surface area contributed by atoms with E-state index in [0.717, 1.165) is 45.6 Å². The Morgan fingerprint density at radius 3 is 2.60 bits per heavy atom. The summed E-state index contributed by atoms with van der Waals surface area (Å²) in [4.78, 5) is 14.1. The summed E-state index contributed by atoms with van der Waals surface area (Å²) in [6.45, 7) is 11.6. The molecule has 1 aliphatic carbocycles. The van der Waals surface area contributed by atoms with Gasteiger partial charge in [-0.2, -0.15) is 0 Å². The second kappa shape index (κ2) is 7.96. The van der Waals surface area contributed by atoms with Crippen molar-refractivity contribution in [2.75, 3.05) is 26.3 Å². The number of hydrogen-bond acceptors (Lipinski definition) is 4. The first-order valence-corrected chi connectivity index (χ1v) is 7.82. The normalized spacial score (nSPS) is 19.9. The van der Waals surface area contributed by atoms with Crippen LogP contribution in [-0.4, -0.2) is 54.7 Å². The van der Waals surface area contributed by atoms with Crippen LogP contribution in [0.1, 0.15) is 47.0 Å². The van der Waals surface area contributed by atoms with Crippen molar-refractivity contribution in [2.45, 2.75) is 64.6 Å². The zero-order valence-electron chi connectivity index (χ0n) is 13.4. The van der Waals surface area contributed by atoms with Crippen molar-refractivity contribution >= 4 is 5.91 Å². The lowest BCUT2D eigenvalue weighted by molar-refractivity contribution is -0.124. The molecule has 3 N–H and O–H groups in total. The molecule has 0 aromatic carbocycles. The fraction of sp³-hybridized carbons (Fsp3) is 0.933. The standard InChI is InChI=1S/C15H31N3O2/c1-5-18(9-10-20-6-2)12(3)11-15(4,14(16)19)17-13-7-8-13/h12-13,17H,5-11H2,1-4H3,(H2,16,19). The summed E-state index contributed by atoms with van der Waals surface area (Å²) in [5.41, 5.74) is 5.00. The molecule has 0 bridgehead atoms. The second-order valence-corrected chi connectivity index (χ2v) is 5.99. The third kappa shape index (κ3) is 5.38. The zero-order valence-corrected chi connectivity index (χ0v) is 13.4. The van der Waals surface area contributed by atoms with Gasteiger partial charge in [-0.05, 0) is 46.6 Å². The highest BCUT2D eigenvalue weighted by Gasteiger charge is 2.38. The highest BCUT2D eigenvalue weighted by Crippen LogP contribution is 2.25. The first kappa shape index (κ1) is 17.4. The topological polar surface area (TPSA) is 67.6 Å². The van der Waals surface area contributed by atoms with Crippen molar-refractivity contribution in [1.82, 2.24) is 10.2 Å². The number of nitrogens with two attached hydrogens (primary N) is 1. The number of carbonyl (C=O) groups is 1. The van der Waals surface area contributed by atoms with Crippen LogP contribution in [0.15, 0.2) is 0 Å². The Hall–Kier alpha value is -0.650. The van der Waals surface area contributed by atoms with Crippen LogP contribution in [0.2, 0.25) is 0 Å². The Morgan fingerprint density at radius 2 is 2.15 bits per heavy atom. The van der Waals surface area contributed by atoms with Crippen LogP contribution < -0.4 is 11.1 Å². The first-order chi connectivity index (χ1) is 9.42. The molecule has 20 heavy (non-hydrogen) atoms. The molecule has 0 aliphatic heterocycles. The van der Waals surface area contributed by atoms with E-state index in [2.05, 4.69) is 24.1 Å². The smallest absolute Gasteiger partial charge is 0.237 e. The molecule has 0 radical (unpaired) electrons. The zero-order chi connectivity index (χ0) is 15.2. The van der Waals surface area contributed by atoms with Crippen LogP contribution in [0, 0.1) is 0 Å². The Morgan fingerprint density at radius 1 is 1.50 bits per heavy atom. The molecule has 1 saturated carbocycles. The minimum atomic E-state index is -0.611. The van der Waals surface area contributed by atoms with Crippen molar-refractivity contribution in [2.24, 2.45) is 5.73 Å². The SMILES string of the molecule is CCOCCN(CC)C(C)CC(C)(NC1CC1)C(N)=O. The molecule has 0 saturated heterocycles. The molecular weight excluding hydrogens is 254 g/mol. The van der Waals surface area contributed by atoms with E-state index in [-0.39, 0.29) is 5.91 Å². The molecule has 1 amide bonds. The number of primary amides is 1. The average Bonchev–Trinajstić information content (AvgIpc) is 3.18. The number of ether oxygens (including phenoxy) is 1. The van der Waals surface area contributed by atoms with Gasteiger partial charge in [-0.1, -0.05) is 6.92 Å². The van der Waals surface area contributed by atoms with Gasteiger partial charge in [0.05, 0.1) is 12.1 Å². The van der Waals surface area contributed by atoms with E-state index in [1.165, 1.54) is 0 Å². The van der Waals surface area contributed by atoms with E-state index in [4.69, 9.17) is 10.5 Å². The maximum Gasteiger partial charge on any atom is 0.237 e. The molecule has 0 aromatic heterocycles. The van der Waals surface area contributed by atoms with Gasteiger partial charge in [-0.15, -0.1) is 0 Å².